The van der Waals surface area contributed by atoms with Crippen molar-refractivity contribution in [1.29, 1.82) is 0 Å². The van der Waals surface area contributed by atoms with E-state index in [1.165, 1.54) is 110 Å². The average Bonchev–Trinajstić information content (AvgIpc) is 1.01. The molecule has 4 saturated heterocycles. The lowest BCUT2D eigenvalue weighted by Crippen LogP contribution is -2.68. The Labute approximate surface area is 527 Å². The largest absolute Gasteiger partial charge is 0.394 e. The Morgan fingerprint density at radius 1 is 0.449 bits per heavy atom. The standard InChI is InChI=1S/C63H118N2O24/c1-5-7-9-11-13-15-17-18-19-20-21-22-23-25-27-29-31-33-42(70)59(81)65-40(48(72)41(69)32-30-28-26-24-16-14-12-10-8-6-2)36-82-63-58(54(78)49(73)43(34-66)86-63)89-62-56(80)53(77)50(74)45(87-62)37-83-60-46(64-39(4)68)57(51(75)44(35-67)85-60)88-61-55(79)52(76)47(71)38(3)84-61/h38,40-58,60-63,66-67,69-80H,5-37H2,1-4H3,(H,64,68)(H,65,81)/t38-,40-,41+,42+,43+,44+,45+,46+,47-,48-,49-,50-,51-,52+,53-,54-,55+,56+,57+,58+,60+,61-,62+,63-/m0/s1. The van der Waals surface area contributed by atoms with Crippen LogP contribution in [0.15, 0.2) is 0 Å². The molecule has 4 aliphatic heterocycles. The van der Waals surface area contributed by atoms with Crippen LogP contribution in [0, 0.1) is 0 Å². The van der Waals surface area contributed by atoms with Crippen molar-refractivity contribution in [2.45, 2.75) is 361 Å². The van der Waals surface area contributed by atoms with E-state index in [1.54, 1.807) is 0 Å². The van der Waals surface area contributed by atoms with Crippen LogP contribution < -0.4 is 10.6 Å². The molecule has 4 heterocycles. The van der Waals surface area contributed by atoms with Crippen molar-refractivity contribution in [3.8, 4) is 0 Å². The third-order valence-electron chi connectivity index (χ3n) is 17.8. The number of carbonyl (C=O) groups excluding carboxylic acids is 2. The van der Waals surface area contributed by atoms with E-state index in [0.717, 1.165) is 64.7 Å². The van der Waals surface area contributed by atoms with Crippen molar-refractivity contribution in [1.82, 2.24) is 10.6 Å². The van der Waals surface area contributed by atoms with Crippen LogP contribution in [0.3, 0.4) is 0 Å². The van der Waals surface area contributed by atoms with Crippen LogP contribution in [-0.2, 0) is 47.5 Å². The maximum Gasteiger partial charge on any atom is 0.249 e. The minimum atomic E-state index is -2.10. The van der Waals surface area contributed by atoms with Gasteiger partial charge in [-0.2, -0.15) is 0 Å². The molecule has 0 aromatic rings. The molecule has 4 rings (SSSR count). The first kappa shape index (κ1) is 79.5. The molecule has 0 bridgehead atoms. The first-order chi connectivity index (χ1) is 42.7. The molecule has 0 aliphatic carbocycles. The van der Waals surface area contributed by atoms with Gasteiger partial charge in [0.05, 0.1) is 44.7 Å². The fourth-order valence-electron chi connectivity index (χ4n) is 12.1. The first-order valence-corrected chi connectivity index (χ1v) is 33.8. The maximum atomic E-state index is 13.7. The van der Waals surface area contributed by atoms with Crippen molar-refractivity contribution in [2.75, 3.05) is 26.4 Å². The van der Waals surface area contributed by atoms with Gasteiger partial charge in [-0.25, -0.2) is 0 Å². The highest BCUT2D eigenvalue weighted by Crippen LogP contribution is 2.34. The molecule has 0 spiro atoms. The SMILES string of the molecule is CCCCCCCCCCCCCCCCCCC[C@@H](O)C(=O)N[C@@H](CO[C@H]1O[C@H](CO)[C@H](O)[C@H](O)[C@H]1O[C@H]1O[C@H](CO[C@@H]2O[C@H](CO)[C@H](O)[C@H](O[C@@H]3O[C@@H](C)[C@H](O)[C@@H](O)[C@H]3O)[C@H]2NC(C)=O)[C@H](O)[C@H](O)[C@H]1O)[C@H](O)[C@H](O)CCCCCCCCCCCC. The number of carbonyl (C=O) groups is 2. The Morgan fingerprint density at radius 2 is 0.865 bits per heavy atom. The van der Waals surface area contributed by atoms with E-state index in [2.05, 4.69) is 24.5 Å². The summed E-state index contributed by atoms with van der Waals surface area (Å²) in [5.74, 6) is -1.56. The van der Waals surface area contributed by atoms with E-state index >= 15 is 0 Å². The van der Waals surface area contributed by atoms with Crippen LogP contribution in [0.25, 0.3) is 0 Å². The second-order valence-electron chi connectivity index (χ2n) is 25.3. The molecule has 26 nitrogen and oxygen atoms in total. The molecule has 4 aliphatic rings. The van der Waals surface area contributed by atoms with Crippen LogP contribution in [-0.4, -0.2) is 257 Å². The summed E-state index contributed by atoms with van der Waals surface area (Å²) in [5.41, 5.74) is 0. The lowest BCUT2D eigenvalue weighted by atomic mass is 9.95. The van der Waals surface area contributed by atoms with E-state index in [1.807, 2.05) is 0 Å². The van der Waals surface area contributed by atoms with Crippen molar-refractivity contribution in [3.63, 3.8) is 0 Å². The molecule has 2 amide bonds. The van der Waals surface area contributed by atoms with Crippen molar-refractivity contribution >= 4 is 11.8 Å². The number of unbranched alkanes of at least 4 members (excludes halogenated alkanes) is 25. The van der Waals surface area contributed by atoms with Gasteiger partial charge in [0.15, 0.2) is 25.2 Å². The van der Waals surface area contributed by atoms with Gasteiger partial charge in [0.2, 0.25) is 11.8 Å². The Bertz CT molecular complexity index is 1850. The van der Waals surface area contributed by atoms with Gasteiger partial charge in [-0.05, 0) is 19.8 Å². The van der Waals surface area contributed by atoms with E-state index in [-0.39, 0.29) is 12.8 Å². The van der Waals surface area contributed by atoms with Crippen molar-refractivity contribution in [3.05, 3.63) is 0 Å². The van der Waals surface area contributed by atoms with Gasteiger partial charge in [-0.1, -0.05) is 187 Å². The summed E-state index contributed by atoms with van der Waals surface area (Å²) >= 11 is 0. The van der Waals surface area contributed by atoms with Crippen molar-refractivity contribution in [2.24, 2.45) is 0 Å². The third-order valence-corrected chi connectivity index (χ3v) is 17.8. The number of hydrogen-bond donors (Lipinski definition) is 16. The summed E-state index contributed by atoms with van der Waals surface area (Å²) in [6, 6.07) is -2.92. The van der Waals surface area contributed by atoms with E-state index < -0.39 is 185 Å². The van der Waals surface area contributed by atoms with E-state index in [9.17, 15) is 81.1 Å². The predicted octanol–water partition coefficient (Wildman–Crippen LogP) is 1.37. The van der Waals surface area contributed by atoms with Gasteiger partial charge in [0.1, 0.15) is 104 Å². The molecular weight excluding hydrogens is 1170 g/mol. The Morgan fingerprint density at radius 3 is 1.36 bits per heavy atom. The minimum Gasteiger partial charge on any atom is -0.394 e. The number of rotatable bonds is 46. The quantitative estimate of drug-likeness (QED) is 0.0383. The van der Waals surface area contributed by atoms with Crippen LogP contribution in [0.4, 0.5) is 0 Å². The number of ether oxygens (including phenoxy) is 8. The zero-order valence-corrected chi connectivity index (χ0v) is 53.5. The summed E-state index contributed by atoms with van der Waals surface area (Å²) in [6.45, 7) is 3.74. The summed E-state index contributed by atoms with van der Waals surface area (Å²) in [5, 5.41) is 159. The summed E-state index contributed by atoms with van der Waals surface area (Å²) < 4.78 is 47.1. The number of hydrogen-bond acceptors (Lipinski definition) is 24. The Hall–Kier alpha value is -1.94. The molecule has 16 N–H and O–H groups in total. The molecule has 524 valence electrons. The first-order valence-electron chi connectivity index (χ1n) is 33.8. The summed E-state index contributed by atoms with van der Waals surface area (Å²) in [6.07, 6.45) is -7.33. The topological polar surface area (TPSA) is 415 Å². The van der Waals surface area contributed by atoms with Crippen LogP contribution in [0.5, 0.6) is 0 Å². The smallest absolute Gasteiger partial charge is 0.249 e. The molecule has 0 saturated carbocycles. The average molecular weight is 1290 g/mol. The lowest BCUT2D eigenvalue weighted by Gasteiger charge is -2.48. The van der Waals surface area contributed by atoms with Gasteiger partial charge >= 0.3 is 0 Å². The Kier molecular flexibility index (Phi) is 39.2. The molecule has 0 radical (unpaired) electrons. The third kappa shape index (κ3) is 26.6. The molecule has 4 fully saturated rings. The highest BCUT2D eigenvalue weighted by molar-refractivity contribution is 5.80. The second kappa shape index (κ2) is 43.9. The van der Waals surface area contributed by atoms with Gasteiger partial charge in [-0.3, -0.25) is 9.59 Å². The Balaban J connectivity index is 1.42. The number of amides is 2. The van der Waals surface area contributed by atoms with Gasteiger partial charge < -0.3 is 120 Å². The fraction of sp³-hybridized carbons (Fsp3) is 0.968. The highest BCUT2D eigenvalue weighted by Gasteiger charge is 2.54. The van der Waals surface area contributed by atoms with Crippen LogP contribution in [0.1, 0.15) is 214 Å². The van der Waals surface area contributed by atoms with E-state index in [4.69, 9.17) is 37.9 Å². The zero-order valence-electron chi connectivity index (χ0n) is 53.5. The normalized spacial score (nSPS) is 34.0. The zero-order chi connectivity index (χ0) is 65.4. The summed E-state index contributed by atoms with van der Waals surface area (Å²) in [7, 11) is 0. The van der Waals surface area contributed by atoms with E-state index in [0.29, 0.717) is 12.8 Å². The maximum absolute atomic E-state index is 13.7. The second-order valence-corrected chi connectivity index (χ2v) is 25.3. The van der Waals surface area contributed by atoms with Gasteiger partial charge in [0.25, 0.3) is 0 Å². The molecule has 26 heteroatoms. The lowest BCUT2D eigenvalue weighted by molar-refractivity contribution is -0.373. The number of aliphatic hydroxyl groups is 14. The van der Waals surface area contributed by atoms with Gasteiger partial charge in [-0.15, -0.1) is 0 Å². The minimum absolute atomic E-state index is 0.124. The highest BCUT2D eigenvalue weighted by atomic mass is 16.8. The van der Waals surface area contributed by atoms with Gasteiger partial charge in [0, 0.05) is 6.92 Å². The molecule has 24 atom stereocenters. The summed E-state index contributed by atoms with van der Waals surface area (Å²) in [4.78, 5) is 26.2. The number of aliphatic hydroxyl groups excluding tert-OH is 14. The number of nitrogens with one attached hydrogen (secondary N) is 2. The monoisotopic (exact) mass is 1290 g/mol. The molecule has 0 unspecified atom stereocenters. The molecule has 0 aromatic heterocycles. The van der Waals surface area contributed by atoms with Crippen molar-refractivity contribution < 1.29 is 119 Å². The molecular formula is C63H118N2O24. The van der Waals surface area contributed by atoms with Crippen LogP contribution in [0.2, 0.25) is 0 Å². The fourth-order valence-corrected chi connectivity index (χ4v) is 12.1. The predicted molar refractivity (Wildman–Crippen MR) is 323 cm³/mol. The molecule has 0 aromatic carbocycles. The van der Waals surface area contributed by atoms with Crippen LogP contribution >= 0.6 is 0 Å². The molecule has 89 heavy (non-hydrogen) atoms.